The first-order valence-electron chi connectivity index (χ1n) is 5.52. The second-order valence-corrected chi connectivity index (χ2v) is 5.31. The third kappa shape index (κ3) is 2.65. The molecule has 94 valence electrons. The molecule has 0 aliphatic heterocycles. The highest BCUT2D eigenvalue weighted by Crippen LogP contribution is 2.40. The van der Waals surface area contributed by atoms with E-state index in [0.717, 1.165) is 31.4 Å². The Morgan fingerprint density at radius 1 is 1.29 bits per heavy atom. The summed E-state index contributed by atoms with van der Waals surface area (Å²) in [6.07, 6.45) is -1.18. The number of alkyl halides is 3. The normalized spacial score (nSPS) is 18.9. The summed E-state index contributed by atoms with van der Waals surface area (Å²) in [7, 11) is 0. The fourth-order valence-electron chi connectivity index (χ4n) is 2.03. The molecule has 1 aliphatic carbocycles. The van der Waals surface area contributed by atoms with Gasteiger partial charge in [-0.3, -0.25) is 0 Å². The zero-order chi connectivity index (χ0) is 12.6. The molecule has 1 aromatic rings. The van der Waals surface area contributed by atoms with Gasteiger partial charge in [0, 0.05) is 10.5 Å². The van der Waals surface area contributed by atoms with Gasteiger partial charge < -0.3 is 5.73 Å². The van der Waals surface area contributed by atoms with E-state index in [4.69, 9.17) is 5.73 Å². The number of hydrogen-bond donors (Lipinski definition) is 1. The van der Waals surface area contributed by atoms with Gasteiger partial charge in [0.1, 0.15) is 0 Å². The molecule has 1 aromatic carbocycles. The average Bonchev–Trinajstić information content (AvgIpc) is 2.13. The number of halogens is 4. The summed E-state index contributed by atoms with van der Waals surface area (Å²) in [6, 6.07) is 3.35. The van der Waals surface area contributed by atoms with Crippen molar-refractivity contribution in [2.75, 3.05) is 0 Å². The highest BCUT2D eigenvalue weighted by molar-refractivity contribution is 9.10. The summed E-state index contributed by atoms with van der Waals surface area (Å²) in [5.41, 5.74) is 5.94. The van der Waals surface area contributed by atoms with Crippen LogP contribution >= 0.6 is 15.9 Å². The Morgan fingerprint density at radius 3 is 2.41 bits per heavy atom. The Hall–Kier alpha value is -0.550. The molecule has 0 radical (unpaired) electrons. The minimum absolute atomic E-state index is 0.305. The van der Waals surface area contributed by atoms with Crippen LogP contribution in [0.3, 0.4) is 0 Å². The zero-order valence-electron chi connectivity index (χ0n) is 9.10. The quantitative estimate of drug-likeness (QED) is 0.867. The third-order valence-corrected chi connectivity index (χ3v) is 4.06. The molecule has 2 rings (SSSR count). The number of benzene rings is 1. The predicted octanol–water partition coefficient (Wildman–Crippen LogP) is 4.27. The van der Waals surface area contributed by atoms with E-state index < -0.39 is 11.7 Å². The Bertz CT molecular complexity index is 413. The molecular formula is C12H13BrF3N. The molecule has 1 fully saturated rings. The minimum atomic E-state index is -4.31. The molecule has 0 unspecified atom stereocenters. The van der Waals surface area contributed by atoms with Crippen molar-refractivity contribution in [3.63, 3.8) is 0 Å². The predicted molar refractivity (Wildman–Crippen MR) is 63.4 cm³/mol. The molecule has 1 aliphatic rings. The Kier molecular flexibility index (Phi) is 3.50. The van der Waals surface area contributed by atoms with Crippen LogP contribution in [0.15, 0.2) is 22.7 Å². The zero-order valence-corrected chi connectivity index (χ0v) is 10.7. The lowest BCUT2D eigenvalue weighted by Gasteiger charge is -2.32. The second-order valence-electron chi connectivity index (χ2n) is 4.45. The molecule has 0 spiro atoms. The molecule has 0 saturated heterocycles. The van der Waals surface area contributed by atoms with Gasteiger partial charge in [-0.1, -0.05) is 22.4 Å². The summed E-state index contributed by atoms with van der Waals surface area (Å²) >= 11 is 3.27. The summed E-state index contributed by atoms with van der Waals surface area (Å²) in [4.78, 5) is 0. The average molecular weight is 308 g/mol. The molecule has 1 saturated carbocycles. The van der Waals surface area contributed by atoms with Gasteiger partial charge in [0.25, 0.3) is 0 Å². The maximum absolute atomic E-state index is 12.6. The van der Waals surface area contributed by atoms with Gasteiger partial charge in [0.15, 0.2) is 0 Å². The maximum Gasteiger partial charge on any atom is 0.416 e. The first-order valence-corrected chi connectivity index (χ1v) is 6.31. The molecule has 1 nitrogen and oxygen atoms in total. The van der Waals surface area contributed by atoms with Gasteiger partial charge in [-0.15, -0.1) is 0 Å². The first-order chi connectivity index (χ1) is 7.89. The monoisotopic (exact) mass is 307 g/mol. The van der Waals surface area contributed by atoms with Crippen LogP contribution in [0.1, 0.15) is 36.4 Å². The van der Waals surface area contributed by atoms with Gasteiger partial charge in [0.05, 0.1) is 5.56 Å². The number of hydrogen-bond acceptors (Lipinski definition) is 1. The lowest BCUT2D eigenvalue weighted by Crippen LogP contribution is -2.27. The Balaban J connectivity index is 2.31. The van der Waals surface area contributed by atoms with Crippen molar-refractivity contribution in [2.24, 2.45) is 11.7 Å². The van der Waals surface area contributed by atoms with E-state index in [-0.39, 0.29) is 6.04 Å². The summed E-state index contributed by atoms with van der Waals surface area (Å²) in [5.74, 6) is 0.315. The molecule has 0 bridgehead atoms. The lowest BCUT2D eigenvalue weighted by molar-refractivity contribution is -0.137. The summed E-state index contributed by atoms with van der Waals surface area (Å²) in [5, 5.41) is 0. The largest absolute Gasteiger partial charge is 0.416 e. The van der Waals surface area contributed by atoms with Crippen LogP contribution < -0.4 is 5.73 Å². The molecule has 5 heteroatoms. The van der Waals surface area contributed by atoms with Crippen LogP contribution in [0.5, 0.6) is 0 Å². The van der Waals surface area contributed by atoms with Crippen LogP contribution in [0.2, 0.25) is 0 Å². The second kappa shape index (κ2) is 4.61. The van der Waals surface area contributed by atoms with Crippen molar-refractivity contribution in [3.8, 4) is 0 Å². The van der Waals surface area contributed by atoms with Gasteiger partial charge >= 0.3 is 6.18 Å². The third-order valence-electron chi connectivity index (χ3n) is 3.34. The van der Waals surface area contributed by atoms with E-state index in [0.29, 0.717) is 16.0 Å². The summed E-state index contributed by atoms with van der Waals surface area (Å²) in [6.45, 7) is 0. The van der Waals surface area contributed by atoms with Crippen LogP contribution in [0, 0.1) is 5.92 Å². The molecule has 0 aromatic heterocycles. The van der Waals surface area contributed by atoms with Crippen LogP contribution in [-0.2, 0) is 6.18 Å². The minimum Gasteiger partial charge on any atom is -0.324 e. The summed E-state index contributed by atoms with van der Waals surface area (Å²) < 4.78 is 38.5. The SMILES string of the molecule is N[C@@H](c1cc(C(F)(F)F)ccc1Br)C1CCC1. The van der Waals surface area contributed by atoms with Gasteiger partial charge in [-0.25, -0.2) is 0 Å². The molecule has 2 N–H and O–H groups in total. The van der Waals surface area contributed by atoms with E-state index in [1.54, 1.807) is 0 Å². The van der Waals surface area contributed by atoms with Crippen molar-refractivity contribution in [2.45, 2.75) is 31.5 Å². The van der Waals surface area contributed by atoms with Gasteiger partial charge in [-0.2, -0.15) is 13.2 Å². The van der Waals surface area contributed by atoms with Gasteiger partial charge in [0.2, 0.25) is 0 Å². The Morgan fingerprint density at radius 2 is 1.94 bits per heavy atom. The van der Waals surface area contributed by atoms with E-state index in [1.165, 1.54) is 6.07 Å². The van der Waals surface area contributed by atoms with E-state index in [2.05, 4.69) is 15.9 Å². The van der Waals surface area contributed by atoms with E-state index in [9.17, 15) is 13.2 Å². The van der Waals surface area contributed by atoms with E-state index >= 15 is 0 Å². The molecule has 0 amide bonds. The topological polar surface area (TPSA) is 26.0 Å². The maximum atomic E-state index is 12.6. The van der Waals surface area contributed by atoms with E-state index in [1.807, 2.05) is 0 Å². The van der Waals surface area contributed by atoms with Crippen LogP contribution in [0.25, 0.3) is 0 Å². The number of nitrogens with two attached hydrogens (primary N) is 1. The molecule has 1 atom stereocenters. The Labute approximate surface area is 106 Å². The van der Waals surface area contributed by atoms with Crippen molar-refractivity contribution in [3.05, 3.63) is 33.8 Å². The molecule has 0 heterocycles. The smallest absolute Gasteiger partial charge is 0.324 e. The highest BCUT2D eigenvalue weighted by atomic mass is 79.9. The molecule has 17 heavy (non-hydrogen) atoms. The first kappa shape index (κ1) is 12.9. The number of rotatable bonds is 2. The van der Waals surface area contributed by atoms with Crippen molar-refractivity contribution >= 4 is 15.9 Å². The molecular weight excluding hydrogens is 295 g/mol. The van der Waals surface area contributed by atoms with Crippen LogP contribution in [0.4, 0.5) is 13.2 Å². The van der Waals surface area contributed by atoms with Crippen LogP contribution in [-0.4, -0.2) is 0 Å². The van der Waals surface area contributed by atoms with Crippen molar-refractivity contribution in [1.29, 1.82) is 0 Å². The standard InChI is InChI=1S/C12H13BrF3N/c13-10-5-4-8(12(14,15)16)6-9(10)11(17)7-2-1-3-7/h4-7,11H,1-3,17H2/t11-/m1/s1. The highest BCUT2D eigenvalue weighted by Gasteiger charge is 2.33. The van der Waals surface area contributed by atoms with Crippen molar-refractivity contribution < 1.29 is 13.2 Å². The van der Waals surface area contributed by atoms with Gasteiger partial charge in [-0.05, 0) is 42.5 Å². The fraction of sp³-hybridized carbons (Fsp3) is 0.500. The lowest BCUT2D eigenvalue weighted by atomic mass is 9.77. The fourth-order valence-corrected chi connectivity index (χ4v) is 2.54. The van der Waals surface area contributed by atoms with Crippen molar-refractivity contribution in [1.82, 2.24) is 0 Å².